The van der Waals surface area contributed by atoms with Crippen molar-refractivity contribution < 1.29 is 44.1 Å². The van der Waals surface area contributed by atoms with Crippen LogP contribution in [0.25, 0.3) is 0 Å². The monoisotopic (exact) mass is 535 g/mol. The molecule has 10 N–H and O–H groups in total. The molecule has 14 nitrogen and oxygen atoms in total. The lowest BCUT2D eigenvalue weighted by molar-refractivity contribution is -0.143. The number of carboxylic acid groups (broad SMARTS) is 3. The number of nitrogens with two attached hydrogens (primary N) is 2. The van der Waals surface area contributed by atoms with Crippen LogP contribution < -0.4 is 27.4 Å². The maximum absolute atomic E-state index is 12.9. The average Bonchev–Trinajstić information content (AvgIpc) is 2.80. The van der Waals surface area contributed by atoms with Crippen molar-refractivity contribution in [1.29, 1.82) is 0 Å². The number of amides is 3. The summed E-state index contributed by atoms with van der Waals surface area (Å²) in [5.74, 6) is -5.82. The highest BCUT2D eigenvalue weighted by Crippen LogP contribution is 2.07. The number of nitrogens with one attached hydrogen (secondary N) is 3. The van der Waals surface area contributed by atoms with Gasteiger partial charge >= 0.3 is 17.9 Å². The first-order chi connectivity index (χ1) is 16.9. The van der Waals surface area contributed by atoms with E-state index in [-0.39, 0.29) is 19.3 Å². The molecule has 0 aliphatic heterocycles. The van der Waals surface area contributed by atoms with Crippen molar-refractivity contribution in [3.63, 3.8) is 0 Å². The van der Waals surface area contributed by atoms with E-state index in [0.29, 0.717) is 31.6 Å². The molecule has 0 aliphatic carbocycles. The van der Waals surface area contributed by atoms with Gasteiger partial charge < -0.3 is 42.7 Å². The van der Waals surface area contributed by atoms with Crippen LogP contribution in [0.4, 0.5) is 0 Å². The maximum atomic E-state index is 12.9. The summed E-state index contributed by atoms with van der Waals surface area (Å²) in [4.78, 5) is 71.4. The van der Waals surface area contributed by atoms with Crippen LogP contribution in [0.15, 0.2) is 0 Å². The fourth-order valence-electron chi connectivity index (χ4n) is 3.03. The van der Waals surface area contributed by atoms with E-state index in [1.165, 1.54) is 11.8 Å². The van der Waals surface area contributed by atoms with Gasteiger partial charge in [0.1, 0.15) is 18.1 Å². The number of carbonyl (C=O) groups is 6. The maximum Gasteiger partial charge on any atom is 0.326 e. The summed E-state index contributed by atoms with van der Waals surface area (Å²) in [5, 5.41) is 34.2. The van der Waals surface area contributed by atoms with Crippen LogP contribution in [-0.2, 0) is 28.8 Å². The van der Waals surface area contributed by atoms with Crippen molar-refractivity contribution in [3.05, 3.63) is 0 Å². The Balaban J connectivity index is 5.47. The topological polar surface area (TPSA) is 251 Å². The summed E-state index contributed by atoms with van der Waals surface area (Å²) in [6, 6.07) is -4.95. The zero-order valence-electron chi connectivity index (χ0n) is 20.2. The van der Waals surface area contributed by atoms with Gasteiger partial charge in [0.2, 0.25) is 17.7 Å². The number of thioether (sulfide) groups is 1. The van der Waals surface area contributed by atoms with E-state index in [4.69, 9.17) is 21.7 Å². The van der Waals surface area contributed by atoms with Crippen molar-refractivity contribution in [2.24, 2.45) is 11.5 Å². The molecule has 4 unspecified atom stereocenters. The van der Waals surface area contributed by atoms with Crippen molar-refractivity contribution >= 4 is 47.4 Å². The van der Waals surface area contributed by atoms with E-state index in [1.807, 2.05) is 0 Å². The average molecular weight is 536 g/mol. The van der Waals surface area contributed by atoms with E-state index in [9.17, 15) is 33.9 Å². The van der Waals surface area contributed by atoms with Gasteiger partial charge in [-0.05, 0) is 50.7 Å². The minimum Gasteiger partial charge on any atom is -0.481 e. The summed E-state index contributed by atoms with van der Waals surface area (Å²) < 4.78 is 0. The number of carboxylic acids is 3. The van der Waals surface area contributed by atoms with Gasteiger partial charge in [-0.15, -0.1) is 0 Å². The molecule has 0 bridgehead atoms. The number of hydrogen-bond acceptors (Lipinski definition) is 9. The number of carbonyl (C=O) groups excluding carboxylic acids is 3. The van der Waals surface area contributed by atoms with Crippen molar-refractivity contribution in [2.75, 3.05) is 18.6 Å². The number of unbranched alkanes of at least 4 members (excludes halogenated alkanes) is 1. The first-order valence-corrected chi connectivity index (χ1v) is 12.8. The molecule has 0 rings (SSSR count). The Bertz CT molecular complexity index is 768. The van der Waals surface area contributed by atoms with E-state index in [0.717, 1.165) is 0 Å². The van der Waals surface area contributed by atoms with E-state index >= 15 is 0 Å². The normalized spacial score (nSPS) is 14.1. The molecule has 0 radical (unpaired) electrons. The summed E-state index contributed by atoms with van der Waals surface area (Å²) in [7, 11) is 0. The van der Waals surface area contributed by atoms with Gasteiger partial charge in [-0.2, -0.15) is 11.8 Å². The van der Waals surface area contributed by atoms with Crippen LogP contribution in [0.1, 0.15) is 51.4 Å². The summed E-state index contributed by atoms with van der Waals surface area (Å²) >= 11 is 1.36. The van der Waals surface area contributed by atoms with Crippen LogP contribution in [0.5, 0.6) is 0 Å². The molecule has 0 saturated heterocycles. The van der Waals surface area contributed by atoms with E-state index in [1.54, 1.807) is 6.26 Å². The second kappa shape index (κ2) is 18.4. The molecular formula is C21H37N5O9S. The van der Waals surface area contributed by atoms with Crippen molar-refractivity contribution in [3.8, 4) is 0 Å². The number of hydrogen-bond donors (Lipinski definition) is 8. The lowest BCUT2D eigenvalue weighted by atomic mass is 10.1. The number of aliphatic carboxylic acids is 3. The molecule has 0 aromatic rings. The van der Waals surface area contributed by atoms with Crippen LogP contribution in [0.2, 0.25) is 0 Å². The Kier molecular flexibility index (Phi) is 16.9. The van der Waals surface area contributed by atoms with Crippen LogP contribution >= 0.6 is 11.8 Å². The van der Waals surface area contributed by atoms with Crippen LogP contribution in [-0.4, -0.2) is 93.7 Å². The third-order valence-electron chi connectivity index (χ3n) is 5.09. The summed E-state index contributed by atoms with van der Waals surface area (Å²) in [6.07, 6.45) is 1.83. The largest absolute Gasteiger partial charge is 0.481 e. The third kappa shape index (κ3) is 14.5. The summed E-state index contributed by atoms with van der Waals surface area (Å²) in [6.45, 7) is 0.427. The SMILES string of the molecule is CSCCC(NC(=O)C(CCC(=O)O)NC(=O)C(N)CCCCN)C(=O)NC(CCC(=O)O)C(=O)O. The highest BCUT2D eigenvalue weighted by atomic mass is 32.2. The molecule has 0 aromatic heterocycles. The Labute approximate surface area is 213 Å². The molecule has 206 valence electrons. The zero-order chi connectivity index (χ0) is 27.7. The van der Waals surface area contributed by atoms with Crippen molar-refractivity contribution in [1.82, 2.24) is 16.0 Å². The van der Waals surface area contributed by atoms with Crippen LogP contribution in [0.3, 0.4) is 0 Å². The van der Waals surface area contributed by atoms with E-state index in [2.05, 4.69) is 16.0 Å². The molecule has 0 heterocycles. The first-order valence-electron chi connectivity index (χ1n) is 11.4. The Morgan fingerprint density at radius 2 is 1.19 bits per heavy atom. The minimum absolute atomic E-state index is 0.0994. The molecule has 0 aromatic carbocycles. The van der Waals surface area contributed by atoms with Gasteiger partial charge in [0.05, 0.1) is 6.04 Å². The fraction of sp³-hybridized carbons (Fsp3) is 0.714. The zero-order valence-corrected chi connectivity index (χ0v) is 21.1. The second-order valence-electron chi connectivity index (χ2n) is 8.06. The lowest BCUT2D eigenvalue weighted by Gasteiger charge is -2.25. The fourth-order valence-corrected chi connectivity index (χ4v) is 3.50. The molecular weight excluding hydrogens is 498 g/mol. The molecule has 0 aliphatic rings. The lowest BCUT2D eigenvalue weighted by Crippen LogP contribution is -2.57. The highest BCUT2D eigenvalue weighted by molar-refractivity contribution is 7.98. The predicted octanol–water partition coefficient (Wildman–Crippen LogP) is -1.54. The Morgan fingerprint density at radius 1 is 0.722 bits per heavy atom. The Hall–Kier alpha value is -2.91. The van der Waals surface area contributed by atoms with Gasteiger partial charge in [-0.3, -0.25) is 24.0 Å². The predicted molar refractivity (Wildman–Crippen MR) is 131 cm³/mol. The van der Waals surface area contributed by atoms with Gasteiger partial charge in [0.25, 0.3) is 0 Å². The summed E-state index contributed by atoms with van der Waals surface area (Å²) in [5.41, 5.74) is 11.3. The molecule has 4 atom stereocenters. The van der Waals surface area contributed by atoms with Crippen molar-refractivity contribution in [2.45, 2.75) is 75.5 Å². The van der Waals surface area contributed by atoms with Crippen LogP contribution in [0, 0.1) is 0 Å². The third-order valence-corrected chi connectivity index (χ3v) is 5.73. The van der Waals surface area contributed by atoms with Gasteiger partial charge in [-0.25, -0.2) is 4.79 Å². The molecule has 3 amide bonds. The second-order valence-corrected chi connectivity index (χ2v) is 9.04. The van der Waals surface area contributed by atoms with Gasteiger partial charge in [-0.1, -0.05) is 6.42 Å². The molecule has 0 fully saturated rings. The van der Waals surface area contributed by atoms with Gasteiger partial charge in [0.15, 0.2) is 0 Å². The van der Waals surface area contributed by atoms with Gasteiger partial charge in [0, 0.05) is 12.8 Å². The quantitative estimate of drug-likeness (QED) is 0.0826. The minimum atomic E-state index is -1.49. The molecule has 15 heteroatoms. The standard InChI is InChI=1S/C21H37N5O9S/c1-36-11-9-14(20(33)26-15(21(34)35)6-8-17(29)30)25-19(32)13(5-7-16(27)28)24-18(31)12(23)4-2-3-10-22/h12-15H,2-11,22-23H2,1H3,(H,24,31)(H,25,32)(H,26,33)(H,27,28)(H,29,30)(H,34,35). The first kappa shape index (κ1) is 33.1. The smallest absolute Gasteiger partial charge is 0.326 e. The number of rotatable bonds is 20. The highest BCUT2D eigenvalue weighted by Gasteiger charge is 2.30. The molecule has 0 saturated carbocycles. The Morgan fingerprint density at radius 3 is 1.67 bits per heavy atom. The molecule has 0 spiro atoms. The van der Waals surface area contributed by atoms with E-state index < -0.39 is 72.6 Å². The molecule has 36 heavy (non-hydrogen) atoms.